The highest BCUT2D eigenvalue weighted by Crippen LogP contribution is 2.12. The summed E-state index contributed by atoms with van der Waals surface area (Å²) in [7, 11) is 0. The molecule has 0 aromatic rings. The molecule has 0 fully saturated rings. The topological polar surface area (TPSA) is 55.2 Å². The van der Waals surface area contributed by atoms with E-state index in [4.69, 9.17) is 5.11 Å². The molecular formula is C15H35NO. The molecule has 0 rings (SSSR count). The van der Waals surface area contributed by atoms with Crippen molar-refractivity contribution >= 4 is 0 Å². The van der Waals surface area contributed by atoms with Gasteiger partial charge in [-0.3, -0.25) is 0 Å². The second kappa shape index (κ2) is 18.3. The average molecular weight is 245 g/mol. The minimum Gasteiger partial charge on any atom is -0.396 e. The van der Waals surface area contributed by atoms with Crippen LogP contribution in [-0.4, -0.2) is 11.7 Å². The zero-order valence-corrected chi connectivity index (χ0v) is 12.1. The molecule has 0 saturated heterocycles. The third kappa shape index (κ3) is 18.5. The van der Waals surface area contributed by atoms with E-state index in [-0.39, 0.29) is 6.15 Å². The summed E-state index contributed by atoms with van der Waals surface area (Å²) in [6, 6.07) is 0. The van der Waals surface area contributed by atoms with Gasteiger partial charge in [0.25, 0.3) is 0 Å². The molecule has 2 nitrogen and oxygen atoms in total. The van der Waals surface area contributed by atoms with Crippen molar-refractivity contribution < 1.29 is 5.11 Å². The molecule has 4 N–H and O–H groups in total. The highest BCUT2D eigenvalue weighted by atomic mass is 16.2. The van der Waals surface area contributed by atoms with E-state index in [1.165, 1.54) is 77.0 Å². The maximum Gasteiger partial charge on any atom is 0.0431 e. The molecule has 0 aromatic heterocycles. The van der Waals surface area contributed by atoms with Crippen LogP contribution in [0, 0.1) is 0 Å². The Morgan fingerprint density at radius 1 is 0.529 bits per heavy atom. The predicted molar refractivity (Wildman–Crippen MR) is 77.8 cm³/mol. The molecule has 0 saturated carbocycles. The van der Waals surface area contributed by atoms with E-state index in [1.54, 1.807) is 0 Å². The molecule has 2 heteroatoms. The first-order valence-electron chi connectivity index (χ1n) is 7.52. The number of aliphatic hydroxyl groups excluding tert-OH is 1. The van der Waals surface area contributed by atoms with Gasteiger partial charge in [0.05, 0.1) is 0 Å². The SMILES string of the molecule is CCCCCCCCCCCCCCCO.N. The minimum absolute atomic E-state index is 0. The van der Waals surface area contributed by atoms with Crippen LogP contribution in [0.5, 0.6) is 0 Å². The van der Waals surface area contributed by atoms with Crippen molar-refractivity contribution in [2.24, 2.45) is 0 Å². The fraction of sp³-hybridized carbons (Fsp3) is 1.00. The molecule has 0 aromatic carbocycles. The van der Waals surface area contributed by atoms with Crippen LogP contribution in [0.25, 0.3) is 0 Å². The van der Waals surface area contributed by atoms with Crippen LogP contribution in [0.1, 0.15) is 90.4 Å². The lowest BCUT2D eigenvalue weighted by molar-refractivity contribution is 0.282. The van der Waals surface area contributed by atoms with Crippen molar-refractivity contribution in [1.29, 1.82) is 0 Å². The molecular weight excluding hydrogens is 210 g/mol. The van der Waals surface area contributed by atoms with Crippen LogP contribution in [-0.2, 0) is 0 Å². The summed E-state index contributed by atoms with van der Waals surface area (Å²) in [6.07, 6.45) is 17.7. The Bertz CT molecular complexity index is 103. The minimum atomic E-state index is 0. The Hall–Kier alpha value is -0.0800. The van der Waals surface area contributed by atoms with Crippen molar-refractivity contribution in [3.8, 4) is 0 Å². The zero-order valence-electron chi connectivity index (χ0n) is 12.1. The standard InChI is InChI=1S/C15H32O.H3N/c1-2-3-4-5-6-7-8-9-10-11-12-13-14-15-16;/h16H,2-15H2,1H3;1H3. The summed E-state index contributed by atoms with van der Waals surface area (Å²) in [5.41, 5.74) is 0. The normalized spacial score (nSPS) is 10.2. The summed E-state index contributed by atoms with van der Waals surface area (Å²) >= 11 is 0. The van der Waals surface area contributed by atoms with Crippen molar-refractivity contribution in [3.05, 3.63) is 0 Å². The Labute approximate surface area is 109 Å². The molecule has 0 radical (unpaired) electrons. The van der Waals surface area contributed by atoms with Gasteiger partial charge >= 0.3 is 0 Å². The molecule has 0 amide bonds. The van der Waals surface area contributed by atoms with Gasteiger partial charge in [0.1, 0.15) is 0 Å². The van der Waals surface area contributed by atoms with Crippen molar-refractivity contribution in [2.45, 2.75) is 90.4 Å². The van der Waals surface area contributed by atoms with Crippen molar-refractivity contribution in [2.75, 3.05) is 6.61 Å². The Morgan fingerprint density at radius 3 is 1.12 bits per heavy atom. The van der Waals surface area contributed by atoms with E-state index >= 15 is 0 Å². The molecule has 106 valence electrons. The third-order valence-corrected chi connectivity index (χ3v) is 3.26. The van der Waals surface area contributed by atoms with E-state index in [2.05, 4.69) is 6.92 Å². The maximum absolute atomic E-state index is 8.63. The fourth-order valence-corrected chi connectivity index (χ4v) is 2.13. The first-order chi connectivity index (χ1) is 7.91. The average Bonchev–Trinajstić information content (AvgIpc) is 2.31. The smallest absolute Gasteiger partial charge is 0.0431 e. The lowest BCUT2D eigenvalue weighted by Crippen LogP contribution is -1.84. The quantitative estimate of drug-likeness (QED) is 0.436. The first kappa shape index (κ1) is 19.3. The predicted octanol–water partition coefficient (Wildman–Crippen LogP) is 5.23. The molecule has 17 heavy (non-hydrogen) atoms. The van der Waals surface area contributed by atoms with Crippen LogP contribution >= 0.6 is 0 Å². The number of unbranched alkanes of at least 4 members (excludes halogenated alkanes) is 12. The van der Waals surface area contributed by atoms with Crippen molar-refractivity contribution in [1.82, 2.24) is 6.15 Å². The largest absolute Gasteiger partial charge is 0.396 e. The van der Waals surface area contributed by atoms with Crippen LogP contribution in [0.15, 0.2) is 0 Å². The van der Waals surface area contributed by atoms with Gasteiger partial charge < -0.3 is 11.3 Å². The number of rotatable bonds is 13. The molecule has 0 spiro atoms. The van der Waals surface area contributed by atoms with Gasteiger partial charge in [0, 0.05) is 6.61 Å². The highest BCUT2D eigenvalue weighted by Gasteiger charge is 1.92. The summed E-state index contributed by atoms with van der Waals surface area (Å²) in [4.78, 5) is 0. The lowest BCUT2D eigenvalue weighted by atomic mass is 10.0. The number of hydrogen-bond acceptors (Lipinski definition) is 2. The first-order valence-corrected chi connectivity index (χ1v) is 7.52. The summed E-state index contributed by atoms with van der Waals surface area (Å²) in [5, 5.41) is 8.63. The van der Waals surface area contributed by atoms with Crippen LogP contribution < -0.4 is 6.15 Å². The van der Waals surface area contributed by atoms with E-state index in [1.807, 2.05) is 0 Å². The highest BCUT2D eigenvalue weighted by molar-refractivity contribution is 4.48. The lowest BCUT2D eigenvalue weighted by Gasteiger charge is -2.02. The fourth-order valence-electron chi connectivity index (χ4n) is 2.13. The monoisotopic (exact) mass is 245 g/mol. The van der Waals surface area contributed by atoms with Crippen LogP contribution in [0.4, 0.5) is 0 Å². The van der Waals surface area contributed by atoms with Gasteiger partial charge in [-0.25, -0.2) is 0 Å². The Kier molecular flexibility index (Phi) is 20.7. The van der Waals surface area contributed by atoms with E-state index in [0.717, 1.165) is 6.42 Å². The van der Waals surface area contributed by atoms with Gasteiger partial charge in [0.15, 0.2) is 0 Å². The molecule has 0 bridgehead atoms. The van der Waals surface area contributed by atoms with Crippen molar-refractivity contribution in [3.63, 3.8) is 0 Å². The molecule has 0 aliphatic rings. The second-order valence-electron chi connectivity index (χ2n) is 4.97. The van der Waals surface area contributed by atoms with Gasteiger partial charge in [-0.05, 0) is 6.42 Å². The van der Waals surface area contributed by atoms with Crippen LogP contribution in [0.2, 0.25) is 0 Å². The van der Waals surface area contributed by atoms with Gasteiger partial charge in [0.2, 0.25) is 0 Å². The van der Waals surface area contributed by atoms with Crippen LogP contribution in [0.3, 0.4) is 0 Å². The number of aliphatic hydroxyl groups is 1. The molecule has 0 heterocycles. The van der Waals surface area contributed by atoms with E-state index in [0.29, 0.717) is 6.61 Å². The van der Waals surface area contributed by atoms with E-state index in [9.17, 15) is 0 Å². The van der Waals surface area contributed by atoms with E-state index < -0.39 is 0 Å². The van der Waals surface area contributed by atoms with Gasteiger partial charge in [-0.2, -0.15) is 0 Å². The zero-order chi connectivity index (χ0) is 11.9. The van der Waals surface area contributed by atoms with Gasteiger partial charge in [-0.15, -0.1) is 0 Å². The maximum atomic E-state index is 8.63. The summed E-state index contributed by atoms with van der Waals surface area (Å²) < 4.78 is 0. The van der Waals surface area contributed by atoms with Gasteiger partial charge in [-0.1, -0.05) is 84.0 Å². The third-order valence-electron chi connectivity index (χ3n) is 3.26. The molecule has 0 aliphatic carbocycles. The molecule has 0 aliphatic heterocycles. The second-order valence-corrected chi connectivity index (χ2v) is 4.97. The molecule has 0 atom stereocenters. The molecule has 0 unspecified atom stereocenters. The Balaban J connectivity index is 0. The summed E-state index contributed by atoms with van der Waals surface area (Å²) in [5.74, 6) is 0. The summed E-state index contributed by atoms with van der Waals surface area (Å²) in [6.45, 7) is 2.65. The number of hydrogen-bond donors (Lipinski definition) is 2. The Morgan fingerprint density at radius 2 is 0.824 bits per heavy atom.